The maximum Gasteiger partial charge on any atom is 0.226 e. The minimum atomic E-state index is 0.0494. The van der Waals surface area contributed by atoms with Crippen molar-refractivity contribution in [2.24, 2.45) is 0 Å². The third kappa shape index (κ3) is 4.43. The van der Waals surface area contributed by atoms with Gasteiger partial charge < -0.3 is 5.32 Å². The number of piperidine rings is 1. The molecule has 1 amide bonds. The van der Waals surface area contributed by atoms with Crippen LogP contribution in [0.15, 0.2) is 0 Å². The number of nitriles is 1. The monoisotopic (exact) mass is 359 g/mol. The highest BCUT2D eigenvalue weighted by atomic mass is 32.1. The molecule has 1 aromatic heterocycles. The zero-order chi connectivity index (χ0) is 17.6. The summed E-state index contributed by atoms with van der Waals surface area (Å²) in [4.78, 5) is 16.2. The van der Waals surface area contributed by atoms with E-state index in [1.54, 1.807) is 11.3 Å². The largest absolute Gasteiger partial charge is 0.317 e. The summed E-state index contributed by atoms with van der Waals surface area (Å²) in [5.74, 6) is 0.0494. The number of aryl methyl sites for hydroxylation is 1. The summed E-state index contributed by atoms with van der Waals surface area (Å²) < 4.78 is 0. The van der Waals surface area contributed by atoms with Crippen LogP contribution in [0.2, 0.25) is 0 Å². The summed E-state index contributed by atoms with van der Waals surface area (Å²) in [5, 5.41) is 13.4. The number of rotatable bonds is 5. The van der Waals surface area contributed by atoms with Crippen LogP contribution >= 0.6 is 11.3 Å². The van der Waals surface area contributed by atoms with Crippen molar-refractivity contribution in [3.05, 3.63) is 16.0 Å². The fourth-order valence-corrected chi connectivity index (χ4v) is 5.46. The van der Waals surface area contributed by atoms with Crippen LogP contribution < -0.4 is 5.32 Å². The van der Waals surface area contributed by atoms with E-state index < -0.39 is 0 Å². The molecule has 5 heteroatoms. The predicted molar refractivity (Wildman–Crippen MR) is 103 cm³/mol. The van der Waals surface area contributed by atoms with Crippen molar-refractivity contribution in [2.45, 2.75) is 77.2 Å². The number of thiophene rings is 1. The normalized spacial score (nSPS) is 21.2. The maximum atomic E-state index is 12.5. The van der Waals surface area contributed by atoms with Crippen LogP contribution in [0.5, 0.6) is 0 Å². The van der Waals surface area contributed by atoms with Crippen LogP contribution in [0.3, 0.4) is 0 Å². The van der Waals surface area contributed by atoms with Gasteiger partial charge in [0.15, 0.2) is 0 Å². The Morgan fingerprint density at radius 2 is 2.12 bits per heavy atom. The molecular formula is C20H29N3OS. The van der Waals surface area contributed by atoms with Crippen LogP contribution in [-0.2, 0) is 17.6 Å². The van der Waals surface area contributed by atoms with Crippen LogP contribution in [0.1, 0.15) is 74.3 Å². The molecule has 1 saturated heterocycles. The van der Waals surface area contributed by atoms with Crippen molar-refractivity contribution in [1.82, 2.24) is 4.90 Å². The molecule has 0 spiro atoms. The van der Waals surface area contributed by atoms with E-state index in [9.17, 15) is 10.1 Å². The molecule has 1 aromatic rings. The third-order valence-electron chi connectivity index (χ3n) is 5.63. The summed E-state index contributed by atoms with van der Waals surface area (Å²) in [7, 11) is 0. The zero-order valence-electron chi connectivity index (χ0n) is 15.3. The molecule has 0 radical (unpaired) electrons. The number of nitrogens with one attached hydrogen (secondary N) is 1. The van der Waals surface area contributed by atoms with E-state index in [2.05, 4.69) is 23.2 Å². The molecule has 136 valence electrons. The van der Waals surface area contributed by atoms with E-state index in [1.165, 1.54) is 42.5 Å². The molecule has 1 N–H and O–H groups in total. The first-order valence-electron chi connectivity index (χ1n) is 9.81. The van der Waals surface area contributed by atoms with Gasteiger partial charge in [0.05, 0.1) is 5.56 Å². The van der Waals surface area contributed by atoms with Gasteiger partial charge in [0.2, 0.25) is 5.91 Å². The van der Waals surface area contributed by atoms with E-state index in [0.717, 1.165) is 49.3 Å². The third-order valence-corrected chi connectivity index (χ3v) is 6.84. The van der Waals surface area contributed by atoms with Gasteiger partial charge in [0.25, 0.3) is 0 Å². The summed E-state index contributed by atoms with van der Waals surface area (Å²) >= 11 is 1.63. The molecule has 1 fully saturated rings. The second-order valence-corrected chi connectivity index (χ2v) is 8.38. The Balaban J connectivity index is 1.60. The van der Waals surface area contributed by atoms with E-state index in [4.69, 9.17) is 0 Å². The van der Waals surface area contributed by atoms with E-state index in [-0.39, 0.29) is 5.91 Å². The van der Waals surface area contributed by atoms with E-state index in [0.29, 0.717) is 12.5 Å². The first-order chi connectivity index (χ1) is 12.2. The van der Waals surface area contributed by atoms with Gasteiger partial charge in [-0.15, -0.1) is 11.3 Å². The molecule has 0 saturated carbocycles. The Bertz CT molecular complexity index is 646. The molecule has 25 heavy (non-hydrogen) atoms. The van der Waals surface area contributed by atoms with Gasteiger partial charge in [-0.2, -0.15) is 5.26 Å². The average Bonchev–Trinajstić information content (AvgIpc) is 2.79. The first-order valence-corrected chi connectivity index (χ1v) is 10.6. The Morgan fingerprint density at radius 1 is 1.28 bits per heavy atom. The lowest BCUT2D eigenvalue weighted by atomic mass is 10.00. The standard InChI is InChI=1S/C20H29N3OS/c1-2-15-8-6-7-12-23(15)13-11-19(24)22-20-17(14-21)16-9-4-3-5-10-18(16)25-20/h15H,2-13H2,1H3,(H,22,24). The Labute approximate surface area is 155 Å². The smallest absolute Gasteiger partial charge is 0.226 e. The number of anilines is 1. The zero-order valence-corrected chi connectivity index (χ0v) is 16.1. The van der Waals surface area contributed by atoms with Gasteiger partial charge in [-0.05, 0) is 57.1 Å². The highest BCUT2D eigenvalue weighted by Crippen LogP contribution is 2.37. The molecule has 0 aromatic carbocycles. The van der Waals surface area contributed by atoms with E-state index >= 15 is 0 Å². The molecule has 2 aliphatic rings. The number of carbonyl (C=O) groups is 1. The topological polar surface area (TPSA) is 56.1 Å². The Kier molecular flexibility index (Phi) is 6.50. The number of carbonyl (C=O) groups excluding carboxylic acids is 1. The molecule has 0 bridgehead atoms. The molecule has 4 nitrogen and oxygen atoms in total. The molecule has 1 atom stereocenters. The van der Waals surface area contributed by atoms with Crippen molar-refractivity contribution in [3.8, 4) is 6.07 Å². The molecule has 1 unspecified atom stereocenters. The Hall–Kier alpha value is -1.38. The average molecular weight is 360 g/mol. The van der Waals surface area contributed by atoms with Gasteiger partial charge in [0.1, 0.15) is 11.1 Å². The van der Waals surface area contributed by atoms with Crippen LogP contribution in [0, 0.1) is 11.3 Å². The van der Waals surface area contributed by atoms with Crippen molar-refractivity contribution < 1.29 is 4.79 Å². The summed E-state index contributed by atoms with van der Waals surface area (Å²) in [6, 6.07) is 2.98. The van der Waals surface area contributed by atoms with Crippen LogP contribution in [0.25, 0.3) is 0 Å². The minimum absolute atomic E-state index is 0.0494. The van der Waals surface area contributed by atoms with Gasteiger partial charge in [0, 0.05) is 23.9 Å². The maximum absolute atomic E-state index is 12.5. The highest BCUT2D eigenvalue weighted by molar-refractivity contribution is 7.16. The molecule has 1 aliphatic carbocycles. The van der Waals surface area contributed by atoms with Crippen molar-refractivity contribution in [2.75, 3.05) is 18.4 Å². The van der Waals surface area contributed by atoms with Gasteiger partial charge in [-0.1, -0.05) is 19.8 Å². The molecular weight excluding hydrogens is 330 g/mol. The number of likely N-dealkylation sites (tertiary alicyclic amines) is 1. The highest BCUT2D eigenvalue weighted by Gasteiger charge is 2.23. The first kappa shape index (κ1) is 18.4. The summed E-state index contributed by atoms with van der Waals surface area (Å²) in [5.41, 5.74) is 1.92. The fraction of sp³-hybridized carbons (Fsp3) is 0.700. The number of nitrogens with zero attached hydrogens (tertiary/aromatic N) is 2. The second-order valence-electron chi connectivity index (χ2n) is 7.27. The minimum Gasteiger partial charge on any atom is -0.317 e. The molecule has 1 aliphatic heterocycles. The van der Waals surface area contributed by atoms with Gasteiger partial charge >= 0.3 is 0 Å². The van der Waals surface area contributed by atoms with E-state index in [1.807, 2.05) is 0 Å². The van der Waals surface area contributed by atoms with Crippen LogP contribution in [-0.4, -0.2) is 29.9 Å². The quantitative estimate of drug-likeness (QED) is 0.789. The number of hydrogen-bond donors (Lipinski definition) is 1. The predicted octanol–water partition coefficient (Wildman–Crippen LogP) is 4.48. The lowest BCUT2D eigenvalue weighted by Crippen LogP contribution is -2.40. The Morgan fingerprint density at radius 3 is 2.92 bits per heavy atom. The van der Waals surface area contributed by atoms with Gasteiger partial charge in [-0.3, -0.25) is 9.69 Å². The number of fused-ring (bicyclic) bond motifs is 1. The van der Waals surface area contributed by atoms with Crippen molar-refractivity contribution in [1.29, 1.82) is 5.26 Å². The van der Waals surface area contributed by atoms with Crippen molar-refractivity contribution >= 4 is 22.2 Å². The fourth-order valence-electron chi connectivity index (χ4n) is 4.20. The summed E-state index contributed by atoms with van der Waals surface area (Å²) in [6.45, 7) is 4.18. The van der Waals surface area contributed by atoms with Crippen LogP contribution in [0.4, 0.5) is 5.00 Å². The molecule has 3 rings (SSSR count). The number of hydrogen-bond acceptors (Lipinski definition) is 4. The lowest BCUT2D eigenvalue weighted by molar-refractivity contribution is -0.116. The summed E-state index contributed by atoms with van der Waals surface area (Å²) in [6.07, 6.45) is 11.1. The van der Waals surface area contributed by atoms with Crippen molar-refractivity contribution in [3.63, 3.8) is 0 Å². The SMILES string of the molecule is CCC1CCCCN1CCC(=O)Nc1sc2c(c1C#N)CCCCC2. The number of amides is 1. The van der Waals surface area contributed by atoms with Gasteiger partial charge in [-0.25, -0.2) is 0 Å². The molecule has 2 heterocycles. The second kappa shape index (κ2) is 8.82. The lowest BCUT2D eigenvalue weighted by Gasteiger charge is -2.34.